The smallest absolute Gasteiger partial charge is 0.345 e. The van der Waals surface area contributed by atoms with Crippen LogP contribution in [-0.4, -0.2) is 18.5 Å². The van der Waals surface area contributed by atoms with Gasteiger partial charge in [-0.25, -0.2) is 9.59 Å². The second-order valence-corrected chi connectivity index (χ2v) is 7.73. The average Bonchev–Trinajstić information content (AvgIpc) is 3.19. The fourth-order valence-electron chi connectivity index (χ4n) is 4.35. The Kier molecular flexibility index (Phi) is 5.10. The highest BCUT2D eigenvalue weighted by Crippen LogP contribution is 2.47. The maximum Gasteiger partial charge on any atom is 0.345 e. The van der Waals surface area contributed by atoms with Crippen molar-refractivity contribution in [3.8, 4) is 0 Å². The first-order valence-corrected chi connectivity index (χ1v) is 9.96. The molecule has 4 heteroatoms. The van der Waals surface area contributed by atoms with Gasteiger partial charge in [0.05, 0.1) is 0 Å². The Morgan fingerprint density at radius 2 is 1.52 bits per heavy atom. The molecule has 0 spiro atoms. The zero-order chi connectivity index (χ0) is 20.4. The molecule has 148 valence electrons. The molecule has 1 fully saturated rings. The van der Waals surface area contributed by atoms with E-state index in [4.69, 9.17) is 9.47 Å². The van der Waals surface area contributed by atoms with Crippen LogP contribution in [0.4, 0.5) is 0 Å². The molecule has 3 aromatic rings. The summed E-state index contributed by atoms with van der Waals surface area (Å²) in [5, 5.41) is 4.44. The van der Waals surface area contributed by atoms with E-state index in [-0.39, 0.29) is 5.57 Å². The summed E-state index contributed by atoms with van der Waals surface area (Å²) in [5.74, 6) is -1.11. The minimum Gasteiger partial charge on any atom is -0.452 e. The quantitative estimate of drug-likeness (QED) is 0.332. The molecule has 0 N–H and O–H groups in total. The molecule has 0 aliphatic heterocycles. The minimum atomic E-state index is -0.715. The molecule has 4 rings (SSSR count). The number of esters is 2. The van der Waals surface area contributed by atoms with E-state index in [1.165, 1.54) is 0 Å². The Balaban J connectivity index is 1.78. The molecule has 0 bridgehead atoms. The highest BCUT2D eigenvalue weighted by atomic mass is 16.6. The van der Waals surface area contributed by atoms with Crippen LogP contribution in [0, 0.1) is 0 Å². The summed E-state index contributed by atoms with van der Waals surface area (Å²) in [7, 11) is 0. The van der Waals surface area contributed by atoms with Crippen LogP contribution in [0.2, 0.25) is 0 Å². The van der Waals surface area contributed by atoms with Gasteiger partial charge in [-0.1, -0.05) is 55.1 Å². The van der Waals surface area contributed by atoms with Gasteiger partial charge in [-0.3, -0.25) is 0 Å². The van der Waals surface area contributed by atoms with E-state index >= 15 is 0 Å². The summed E-state index contributed by atoms with van der Waals surface area (Å²) in [6.45, 7) is 4.68. The lowest BCUT2D eigenvalue weighted by atomic mass is 9.83. The van der Waals surface area contributed by atoms with Gasteiger partial charge in [-0.15, -0.1) is 0 Å². The zero-order valence-electron chi connectivity index (χ0n) is 16.6. The van der Waals surface area contributed by atoms with Crippen LogP contribution >= 0.6 is 0 Å². The second-order valence-electron chi connectivity index (χ2n) is 7.73. The first-order valence-electron chi connectivity index (χ1n) is 9.96. The standard InChI is InChI=1S/C25H24O4/c1-17(2)24(27)28-16-22(26)29-25(13-7-8-14-25)23-20-11-5-3-9-18(20)15-19-10-4-6-12-21(19)23/h3-6,9-12,15H,1,7-8,13-14,16H2,2H3. The van der Waals surface area contributed by atoms with Crippen molar-refractivity contribution in [2.45, 2.75) is 38.2 Å². The molecule has 0 saturated heterocycles. The lowest BCUT2D eigenvalue weighted by molar-refractivity contribution is -0.169. The van der Waals surface area contributed by atoms with Crippen molar-refractivity contribution in [3.63, 3.8) is 0 Å². The van der Waals surface area contributed by atoms with Crippen LogP contribution in [0.25, 0.3) is 21.5 Å². The third-order valence-corrected chi connectivity index (χ3v) is 5.62. The molecule has 0 unspecified atom stereocenters. The van der Waals surface area contributed by atoms with Crippen molar-refractivity contribution in [1.82, 2.24) is 0 Å². The summed E-state index contributed by atoms with van der Waals surface area (Å²) < 4.78 is 11.1. The molecule has 4 nitrogen and oxygen atoms in total. The van der Waals surface area contributed by atoms with Crippen LogP contribution in [0.15, 0.2) is 66.7 Å². The van der Waals surface area contributed by atoms with E-state index in [0.717, 1.165) is 52.8 Å². The summed E-state index contributed by atoms with van der Waals surface area (Å²) in [5.41, 5.74) is 0.601. The van der Waals surface area contributed by atoms with Gasteiger partial charge >= 0.3 is 11.9 Å². The van der Waals surface area contributed by atoms with E-state index in [9.17, 15) is 9.59 Å². The van der Waals surface area contributed by atoms with Crippen molar-refractivity contribution in [2.24, 2.45) is 0 Å². The second kappa shape index (κ2) is 7.70. The molecular formula is C25H24O4. The van der Waals surface area contributed by atoms with Gasteiger partial charge in [0.25, 0.3) is 0 Å². The molecule has 0 heterocycles. The monoisotopic (exact) mass is 388 g/mol. The Bertz CT molecular complexity index is 1050. The first-order chi connectivity index (χ1) is 14.0. The van der Waals surface area contributed by atoms with Gasteiger partial charge in [-0.05, 0) is 60.2 Å². The molecule has 1 aliphatic rings. The Hall–Kier alpha value is -3.14. The van der Waals surface area contributed by atoms with Crippen LogP contribution in [0.5, 0.6) is 0 Å². The highest BCUT2D eigenvalue weighted by Gasteiger charge is 2.42. The van der Waals surface area contributed by atoms with Gasteiger partial charge in [0.15, 0.2) is 6.61 Å². The van der Waals surface area contributed by atoms with Crippen molar-refractivity contribution in [1.29, 1.82) is 0 Å². The Morgan fingerprint density at radius 3 is 2.07 bits per heavy atom. The third-order valence-electron chi connectivity index (χ3n) is 5.62. The highest BCUT2D eigenvalue weighted by molar-refractivity contribution is 6.03. The predicted molar refractivity (Wildman–Crippen MR) is 113 cm³/mol. The van der Waals surface area contributed by atoms with Crippen molar-refractivity contribution in [2.75, 3.05) is 6.61 Å². The normalized spacial score (nSPS) is 15.3. The van der Waals surface area contributed by atoms with Gasteiger partial charge in [0.2, 0.25) is 0 Å². The molecule has 1 saturated carbocycles. The largest absolute Gasteiger partial charge is 0.452 e. The molecule has 29 heavy (non-hydrogen) atoms. The molecule has 0 atom stereocenters. The van der Waals surface area contributed by atoms with Crippen molar-refractivity contribution < 1.29 is 19.1 Å². The zero-order valence-corrected chi connectivity index (χ0v) is 16.6. The topological polar surface area (TPSA) is 52.6 Å². The van der Waals surface area contributed by atoms with Gasteiger partial charge < -0.3 is 9.47 Å². The lowest BCUT2D eigenvalue weighted by Gasteiger charge is -2.32. The number of rotatable bonds is 5. The van der Waals surface area contributed by atoms with E-state index in [2.05, 4.69) is 36.9 Å². The molecule has 1 aliphatic carbocycles. The molecule has 3 aromatic carbocycles. The SMILES string of the molecule is C=C(C)C(=O)OCC(=O)OC1(c2c3ccccc3cc3ccccc23)CCCC1. The Labute approximate surface area is 170 Å². The van der Waals surface area contributed by atoms with E-state index in [1.807, 2.05) is 24.3 Å². The minimum absolute atomic E-state index is 0.258. The fourth-order valence-corrected chi connectivity index (χ4v) is 4.35. The maximum absolute atomic E-state index is 12.6. The van der Waals surface area contributed by atoms with Crippen LogP contribution in [0.3, 0.4) is 0 Å². The number of hydrogen-bond donors (Lipinski definition) is 0. The molecular weight excluding hydrogens is 364 g/mol. The van der Waals surface area contributed by atoms with E-state index in [0.29, 0.717) is 0 Å². The van der Waals surface area contributed by atoms with Crippen molar-refractivity contribution >= 4 is 33.5 Å². The van der Waals surface area contributed by atoms with E-state index in [1.54, 1.807) is 6.92 Å². The summed E-state index contributed by atoms with van der Waals surface area (Å²) in [6, 6.07) is 18.6. The molecule has 0 radical (unpaired) electrons. The summed E-state index contributed by atoms with van der Waals surface area (Å²) in [4.78, 5) is 24.3. The lowest BCUT2D eigenvalue weighted by Crippen LogP contribution is -2.32. The van der Waals surface area contributed by atoms with Crippen LogP contribution in [-0.2, 0) is 24.7 Å². The third kappa shape index (κ3) is 3.63. The summed E-state index contributed by atoms with van der Waals surface area (Å²) >= 11 is 0. The molecule has 0 aromatic heterocycles. The number of hydrogen-bond acceptors (Lipinski definition) is 4. The summed E-state index contributed by atoms with van der Waals surface area (Å²) in [6.07, 6.45) is 3.48. The number of carbonyl (C=O) groups is 2. The number of benzene rings is 3. The van der Waals surface area contributed by atoms with Gasteiger partial charge in [0, 0.05) is 11.1 Å². The van der Waals surface area contributed by atoms with Crippen LogP contribution in [0.1, 0.15) is 38.2 Å². The number of ether oxygens (including phenoxy) is 2. The van der Waals surface area contributed by atoms with Gasteiger partial charge in [0.1, 0.15) is 5.60 Å². The predicted octanol–water partition coefficient (Wildman–Crippen LogP) is 5.42. The average molecular weight is 388 g/mol. The van der Waals surface area contributed by atoms with E-state index < -0.39 is 24.1 Å². The fraction of sp³-hybridized carbons (Fsp3) is 0.280. The van der Waals surface area contributed by atoms with Crippen molar-refractivity contribution in [3.05, 3.63) is 72.3 Å². The molecule has 0 amide bonds. The number of carbonyl (C=O) groups excluding carboxylic acids is 2. The van der Waals surface area contributed by atoms with Crippen LogP contribution < -0.4 is 0 Å². The Morgan fingerprint density at radius 1 is 0.966 bits per heavy atom. The number of fused-ring (bicyclic) bond motifs is 2. The maximum atomic E-state index is 12.6. The first kappa shape index (κ1) is 19.2. The van der Waals surface area contributed by atoms with Gasteiger partial charge in [-0.2, -0.15) is 0 Å².